The molecule has 2 aromatic heterocycles. The first-order valence-corrected chi connectivity index (χ1v) is 18.8. The lowest BCUT2D eigenvalue weighted by Crippen LogP contribution is -2.33. The monoisotopic (exact) mass is 771 g/mol. The molecule has 8 nitrogen and oxygen atoms in total. The van der Waals surface area contributed by atoms with Gasteiger partial charge in [-0.3, -0.25) is 4.79 Å². The molecule has 2 aromatic carbocycles. The number of methoxy groups -OCH3 is 2. The predicted octanol–water partition coefficient (Wildman–Crippen LogP) is 10.3. The first-order valence-electron chi connectivity index (χ1n) is 17.7. The summed E-state index contributed by atoms with van der Waals surface area (Å²) in [5, 5.41) is 0.256. The van der Waals surface area contributed by atoms with E-state index in [1.807, 2.05) is 48.4 Å². The summed E-state index contributed by atoms with van der Waals surface area (Å²) in [6, 6.07) is 15.3. The number of hydrogen-bond acceptors (Lipinski definition) is 6. The molecular weight excluding hydrogens is 718 g/mol. The van der Waals surface area contributed by atoms with E-state index in [0.29, 0.717) is 49.1 Å². The van der Waals surface area contributed by atoms with E-state index >= 15 is 0 Å². The third-order valence-electron chi connectivity index (χ3n) is 8.07. The number of nitrogens with zero attached hydrogens (tertiary/aromatic N) is 3. The lowest BCUT2D eigenvalue weighted by atomic mass is 10.1. The molecule has 0 saturated heterocycles. The van der Waals surface area contributed by atoms with Crippen molar-refractivity contribution in [3.8, 4) is 17.2 Å². The highest BCUT2D eigenvalue weighted by molar-refractivity contribution is 9.10. The number of rotatable bonds is 18. The van der Waals surface area contributed by atoms with Gasteiger partial charge in [0.1, 0.15) is 11.4 Å². The highest BCUT2D eigenvalue weighted by atomic mass is 79.9. The molecule has 10 heteroatoms. The largest absolute Gasteiger partial charge is 0.496 e. The van der Waals surface area contributed by atoms with Gasteiger partial charge in [-0.05, 0) is 80.0 Å². The fourth-order valence-corrected chi connectivity index (χ4v) is 5.96. The van der Waals surface area contributed by atoms with Crippen LogP contribution in [0.2, 0.25) is 5.02 Å². The summed E-state index contributed by atoms with van der Waals surface area (Å²) in [7, 11) is 3.23. The zero-order valence-electron chi connectivity index (χ0n) is 31.1. The van der Waals surface area contributed by atoms with Crippen molar-refractivity contribution >= 4 is 39.1 Å². The minimum atomic E-state index is -0.178. The van der Waals surface area contributed by atoms with Crippen molar-refractivity contribution in [1.82, 2.24) is 14.3 Å². The van der Waals surface area contributed by atoms with Crippen LogP contribution in [0.15, 0.2) is 59.2 Å². The number of halogens is 2. The Morgan fingerprint density at radius 3 is 2.28 bits per heavy atom. The van der Waals surface area contributed by atoms with E-state index < -0.39 is 0 Å². The molecule has 2 heterocycles. The second-order valence-corrected chi connectivity index (χ2v) is 14.4. The van der Waals surface area contributed by atoms with E-state index in [2.05, 4.69) is 61.0 Å². The van der Waals surface area contributed by atoms with E-state index in [4.69, 9.17) is 35.5 Å². The lowest BCUT2D eigenvalue weighted by Gasteiger charge is -2.25. The first kappa shape index (κ1) is 41.2. The summed E-state index contributed by atoms with van der Waals surface area (Å²) >= 11 is 10.4. The lowest BCUT2D eigenvalue weighted by molar-refractivity contribution is 0.0733. The normalized spacial score (nSPS) is 11.1. The molecule has 4 rings (SSSR count). The van der Waals surface area contributed by atoms with Crippen molar-refractivity contribution < 1.29 is 23.7 Å². The van der Waals surface area contributed by atoms with E-state index in [0.717, 1.165) is 71.2 Å². The van der Waals surface area contributed by atoms with E-state index in [1.165, 1.54) is 6.42 Å². The van der Waals surface area contributed by atoms with Gasteiger partial charge in [0, 0.05) is 42.4 Å². The number of fused-ring (bicyclic) bond motifs is 1. The van der Waals surface area contributed by atoms with Gasteiger partial charge < -0.3 is 28.2 Å². The molecule has 0 saturated carbocycles. The van der Waals surface area contributed by atoms with Crippen LogP contribution in [0.1, 0.15) is 94.5 Å². The van der Waals surface area contributed by atoms with Crippen LogP contribution in [0.5, 0.6) is 17.2 Å². The number of hydrogen-bond donors (Lipinski definition) is 0. The molecule has 4 aromatic rings. The maximum Gasteiger partial charge on any atom is 0.255 e. The maximum absolute atomic E-state index is 14.1. The summed E-state index contributed by atoms with van der Waals surface area (Å²) in [6.45, 7) is 16.1. The van der Waals surface area contributed by atoms with Crippen molar-refractivity contribution in [3.63, 3.8) is 0 Å². The van der Waals surface area contributed by atoms with E-state index in [9.17, 15) is 4.79 Å². The van der Waals surface area contributed by atoms with Gasteiger partial charge in [-0.25, -0.2) is 4.98 Å². The highest BCUT2D eigenvalue weighted by Gasteiger charge is 2.26. The summed E-state index contributed by atoms with van der Waals surface area (Å²) < 4.78 is 25.4. The molecule has 50 heavy (non-hydrogen) atoms. The molecule has 1 amide bonds. The number of aromatic nitrogens is 2. The second kappa shape index (κ2) is 21.2. The van der Waals surface area contributed by atoms with Crippen molar-refractivity contribution in [2.24, 2.45) is 11.8 Å². The molecule has 0 fully saturated rings. The van der Waals surface area contributed by atoms with Crippen LogP contribution in [-0.4, -0.2) is 60.8 Å². The third kappa shape index (κ3) is 11.9. The highest BCUT2D eigenvalue weighted by Crippen LogP contribution is 2.38. The smallest absolute Gasteiger partial charge is 0.255 e. The van der Waals surface area contributed by atoms with Crippen LogP contribution in [0.4, 0.5) is 0 Å². The molecule has 0 spiro atoms. The Bertz CT molecular complexity index is 1640. The van der Waals surface area contributed by atoms with Crippen LogP contribution in [0, 0.1) is 11.8 Å². The van der Waals surface area contributed by atoms with Crippen LogP contribution in [-0.2, 0) is 17.7 Å². The number of carbonyl (C=O) groups is 1. The van der Waals surface area contributed by atoms with Gasteiger partial charge >= 0.3 is 0 Å². The van der Waals surface area contributed by atoms with E-state index in [1.54, 1.807) is 26.4 Å². The zero-order chi connectivity index (χ0) is 36.6. The number of amides is 1. The summed E-state index contributed by atoms with van der Waals surface area (Å²) in [4.78, 5) is 20.9. The molecule has 0 aliphatic rings. The molecule has 0 bridgehead atoms. The Hall–Kier alpha value is -3.27. The maximum atomic E-state index is 14.1. The van der Waals surface area contributed by atoms with Gasteiger partial charge in [-0.15, -0.1) is 0 Å². The average molecular weight is 773 g/mol. The third-order valence-corrected chi connectivity index (χ3v) is 8.93. The van der Waals surface area contributed by atoms with Crippen LogP contribution < -0.4 is 14.2 Å². The quantitative estimate of drug-likeness (QED) is 0.0938. The summed E-state index contributed by atoms with van der Waals surface area (Å²) in [5.41, 5.74) is 4.03. The fourth-order valence-electron chi connectivity index (χ4n) is 5.26. The number of benzene rings is 2. The Morgan fingerprint density at radius 1 is 0.920 bits per heavy atom. The molecule has 0 unspecified atom stereocenters. The topological polar surface area (TPSA) is 74.5 Å². The van der Waals surface area contributed by atoms with Crippen molar-refractivity contribution in [3.05, 3.63) is 86.7 Å². The van der Waals surface area contributed by atoms with E-state index in [-0.39, 0.29) is 10.9 Å². The average Bonchev–Trinajstić information content (AvgIpc) is 3.44. The molecule has 0 atom stereocenters. The SMILES string of the molecule is CCCOCCC(C)C.CCCOc1c(OC)ccc(C(=O)N(CCC(C)C)Cc2nc3ccccn3c2Cc2cc(Br)ccc2OC)c1Cl. The molecule has 0 radical (unpaired) electrons. The molecule has 0 aliphatic heterocycles. The van der Waals surface area contributed by atoms with Crippen molar-refractivity contribution in [1.29, 1.82) is 0 Å². The number of ether oxygens (including phenoxy) is 4. The number of imidazole rings is 1. The van der Waals surface area contributed by atoms with Crippen LogP contribution in [0.3, 0.4) is 0 Å². The zero-order valence-corrected chi connectivity index (χ0v) is 33.4. The van der Waals surface area contributed by atoms with Crippen LogP contribution in [0.25, 0.3) is 5.65 Å². The summed E-state index contributed by atoms with van der Waals surface area (Å²) in [6.07, 6.45) is 6.55. The molecule has 274 valence electrons. The van der Waals surface area contributed by atoms with Gasteiger partial charge in [-0.1, -0.05) is 75.1 Å². The molecular formula is C40H55BrClN3O5. The van der Waals surface area contributed by atoms with Gasteiger partial charge in [0.05, 0.1) is 49.3 Å². The van der Waals surface area contributed by atoms with Crippen molar-refractivity contribution in [2.75, 3.05) is 40.6 Å². The van der Waals surface area contributed by atoms with Gasteiger partial charge in [0.25, 0.3) is 5.91 Å². The van der Waals surface area contributed by atoms with Crippen molar-refractivity contribution in [2.45, 2.75) is 80.2 Å². The fraction of sp³-hybridized carbons (Fsp3) is 0.500. The number of carbonyl (C=O) groups excluding carboxylic acids is 1. The van der Waals surface area contributed by atoms with Crippen LogP contribution >= 0.6 is 27.5 Å². The first-order chi connectivity index (χ1) is 24.0. The Morgan fingerprint density at radius 2 is 1.62 bits per heavy atom. The Balaban J connectivity index is 0.000000661. The Labute approximate surface area is 312 Å². The Kier molecular flexibility index (Phi) is 17.4. The molecule has 0 aliphatic carbocycles. The van der Waals surface area contributed by atoms with Gasteiger partial charge in [-0.2, -0.15) is 0 Å². The minimum absolute atomic E-state index is 0.178. The van der Waals surface area contributed by atoms with Gasteiger partial charge in [0.2, 0.25) is 0 Å². The standard InChI is InChI=1S/C32H37BrClN3O4.C8H18O/c1-6-17-41-31-28(40-5)13-11-24(30(31)34)32(38)36(16-14-21(2)3)20-25-26(37-15-8-7-9-29(37)35-25)19-22-18-23(33)10-12-27(22)39-4;1-4-6-9-7-5-8(2)3/h7-13,15,18,21H,6,14,16-17,19-20H2,1-5H3;8H,4-7H2,1-3H3. The number of pyridine rings is 1. The summed E-state index contributed by atoms with van der Waals surface area (Å²) in [5.74, 6) is 2.69. The molecule has 0 N–H and O–H groups in total. The predicted molar refractivity (Wildman–Crippen MR) is 207 cm³/mol. The minimum Gasteiger partial charge on any atom is -0.496 e. The second-order valence-electron chi connectivity index (χ2n) is 13.1. The van der Waals surface area contributed by atoms with Gasteiger partial charge in [0.15, 0.2) is 11.5 Å².